The summed E-state index contributed by atoms with van der Waals surface area (Å²) in [5.74, 6) is 1.86. The minimum absolute atomic E-state index is 0. The Bertz CT molecular complexity index is 778. The van der Waals surface area contributed by atoms with Crippen LogP contribution >= 0.6 is 24.0 Å². The molecule has 1 heterocycles. The number of para-hydroxylation sites is 1. The number of hydrogen-bond acceptors (Lipinski definition) is 5. The first-order valence-electron chi connectivity index (χ1n) is 8.97. The smallest absolute Gasteiger partial charge is 0.239 e. The molecule has 1 aromatic carbocycles. The van der Waals surface area contributed by atoms with E-state index in [1.54, 1.807) is 14.2 Å². The van der Waals surface area contributed by atoms with E-state index in [2.05, 4.69) is 20.9 Å². The van der Waals surface area contributed by atoms with Crippen LogP contribution in [0.4, 0.5) is 0 Å². The van der Waals surface area contributed by atoms with Gasteiger partial charge in [0.2, 0.25) is 5.91 Å². The zero-order valence-electron chi connectivity index (χ0n) is 16.7. The molecule has 3 N–H and O–H groups in total. The van der Waals surface area contributed by atoms with Crippen molar-refractivity contribution in [2.24, 2.45) is 4.99 Å². The predicted octanol–water partition coefficient (Wildman–Crippen LogP) is 2.44. The second kappa shape index (κ2) is 12.4. The Morgan fingerprint density at radius 1 is 1.32 bits per heavy atom. The maximum Gasteiger partial charge on any atom is 0.239 e. The fourth-order valence-corrected chi connectivity index (χ4v) is 2.53. The van der Waals surface area contributed by atoms with Crippen molar-refractivity contribution in [2.45, 2.75) is 19.9 Å². The number of methoxy groups -OCH3 is 1. The Kier molecular flexibility index (Phi) is 10.7. The van der Waals surface area contributed by atoms with Gasteiger partial charge in [-0.25, -0.2) is 0 Å². The van der Waals surface area contributed by atoms with Crippen LogP contribution in [-0.4, -0.2) is 52.3 Å². The van der Waals surface area contributed by atoms with Gasteiger partial charge in [0.05, 0.1) is 25.8 Å². The first-order chi connectivity index (χ1) is 13.1. The van der Waals surface area contributed by atoms with E-state index in [0.29, 0.717) is 25.7 Å². The molecule has 0 aliphatic rings. The number of fused-ring (bicyclic) bond motifs is 1. The molecule has 1 amide bonds. The van der Waals surface area contributed by atoms with Crippen LogP contribution in [-0.2, 0) is 9.53 Å². The molecule has 0 spiro atoms. The number of rotatable bonds is 9. The molecular formula is C19H29IN4O4. The van der Waals surface area contributed by atoms with Crippen LogP contribution in [0.2, 0.25) is 0 Å². The predicted molar refractivity (Wildman–Crippen MR) is 121 cm³/mol. The summed E-state index contributed by atoms with van der Waals surface area (Å²) < 4.78 is 16.5. The summed E-state index contributed by atoms with van der Waals surface area (Å²) in [6.45, 7) is 5.54. The fourth-order valence-electron chi connectivity index (χ4n) is 2.53. The van der Waals surface area contributed by atoms with Gasteiger partial charge in [0, 0.05) is 26.1 Å². The third kappa shape index (κ3) is 6.86. The first kappa shape index (κ1) is 24.0. The van der Waals surface area contributed by atoms with Crippen LogP contribution < -0.4 is 20.7 Å². The fraction of sp³-hybridized carbons (Fsp3) is 0.474. The highest BCUT2D eigenvalue weighted by Crippen LogP contribution is 2.31. The summed E-state index contributed by atoms with van der Waals surface area (Å²) in [6, 6.07) is 7.64. The lowest BCUT2D eigenvalue weighted by Crippen LogP contribution is -2.44. The first-order valence-corrected chi connectivity index (χ1v) is 8.97. The van der Waals surface area contributed by atoms with Crippen molar-refractivity contribution < 1.29 is 18.7 Å². The van der Waals surface area contributed by atoms with E-state index in [9.17, 15) is 4.79 Å². The number of aliphatic imine (C=N–C) groups is 1. The molecule has 2 aromatic rings. The quantitative estimate of drug-likeness (QED) is 0.210. The summed E-state index contributed by atoms with van der Waals surface area (Å²) in [6.07, 6.45) is 0. The highest BCUT2D eigenvalue weighted by molar-refractivity contribution is 14.0. The summed E-state index contributed by atoms with van der Waals surface area (Å²) in [4.78, 5) is 15.9. The Labute approximate surface area is 182 Å². The van der Waals surface area contributed by atoms with Crippen molar-refractivity contribution in [3.8, 4) is 5.75 Å². The molecule has 0 radical (unpaired) electrons. The number of halogens is 1. The Hall–Kier alpha value is -2.01. The molecular weight excluding hydrogens is 475 g/mol. The number of carbonyl (C=O) groups is 1. The van der Waals surface area contributed by atoms with Crippen LogP contribution in [0.25, 0.3) is 11.0 Å². The minimum atomic E-state index is -0.144. The van der Waals surface area contributed by atoms with Crippen LogP contribution in [0.3, 0.4) is 0 Å². The van der Waals surface area contributed by atoms with Crippen molar-refractivity contribution in [2.75, 3.05) is 40.5 Å². The van der Waals surface area contributed by atoms with E-state index in [-0.39, 0.29) is 42.5 Å². The molecule has 0 aliphatic heterocycles. The third-order valence-electron chi connectivity index (χ3n) is 3.88. The molecule has 28 heavy (non-hydrogen) atoms. The van der Waals surface area contributed by atoms with E-state index < -0.39 is 0 Å². The molecule has 0 aliphatic carbocycles. The lowest BCUT2D eigenvalue weighted by molar-refractivity contribution is -0.120. The SMILES string of the molecule is CCOc1cccc2cc(C(C)NC(=NC)NCC(=O)NCCOC)oc12.I. The number of ether oxygens (including phenoxy) is 2. The maximum atomic E-state index is 11.8. The lowest BCUT2D eigenvalue weighted by Gasteiger charge is -2.16. The zero-order valence-corrected chi connectivity index (χ0v) is 19.0. The van der Waals surface area contributed by atoms with Crippen molar-refractivity contribution in [3.05, 3.63) is 30.0 Å². The molecule has 9 heteroatoms. The van der Waals surface area contributed by atoms with Gasteiger partial charge in [-0.3, -0.25) is 9.79 Å². The number of hydrogen-bond donors (Lipinski definition) is 3. The van der Waals surface area contributed by atoms with E-state index in [1.165, 1.54) is 0 Å². The molecule has 0 saturated carbocycles. The monoisotopic (exact) mass is 504 g/mol. The van der Waals surface area contributed by atoms with Gasteiger partial charge in [0.15, 0.2) is 17.3 Å². The number of carbonyl (C=O) groups excluding carboxylic acids is 1. The number of guanidine groups is 1. The average molecular weight is 504 g/mol. The summed E-state index contributed by atoms with van der Waals surface area (Å²) in [5.41, 5.74) is 0.725. The van der Waals surface area contributed by atoms with Gasteiger partial charge in [0.25, 0.3) is 0 Å². The number of nitrogens with one attached hydrogen (secondary N) is 3. The van der Waals surface area contributed by atoms with E-state index in [4.69, 9.17) is 13.9 Å². The molecule has 0 fully saturated rings. The second-order valence-corrected chi connectivity index (χ2v) is 5.89. The van der Waals surface area contributed by atoms with Crippen molar-refractivity contribution in [1.82, 2.24) is 16.0 Å². The number of amides is 1. The van der Waals surface area contributed by atoms with Gasteiger partial charge >= 0.3 is 0 Å². The van der Waals surface area contributed by atoms with E-state index in [0.717, 1.165) is 22.5 Å². The van der Waals surface area contributed by atoms with Gasteiger partial charge in [-0.05, 0) is 26.0 Å². The second-order valence-electron chi connectivity index (χ2n) is 5.89. The highest BCUT2D eigenvalue weighted by Gasteiger charge is 2.15. The Morgan fingerprint density at radius 3 is 2.79 bits per heavy atom. The van der Waals surface area contributed by atoms with Gasteiger partial charge in [-0.15, -0.1) is 24.0 Å². The minimum Gasteiger partial charge on any atom is -0.490 e. The molecule has 1 unspecified atom stereocenters. The molecule has 0 bridgehead atoms. The number of furan rings is 1. The third-order valence-corrected chi connectivity index (χ3v) is 3.88. The zero-order chi connectivity index (χ0) is 19.6. The van der Waals surface area contributed by atoms with Gasteiger partial charge in [-0.1, -0.05) is 12.1 Å². The summed E-state index contributed by atoms with van der Waals surface area (Å²) in [5, 5.41) is 9.92. The molecule has 0 saturated heterocycles. The maximum absolute atomic E-state index is 11.8. The van der Waals surface area contributed by atoms with Crippen molar-refractivity contribution >= 4 is 46.8 Å². The standard InChI is InChI=1S/C19H28N4O4.HI/c1-5-26-15-8-6-7-14-11-16(27-18(14)15)13(2)23-19(20-3)22-12-17(24)21-9-10-25-4;/h6-8,11,13H,5,9-10,12H2,1-4H3,(H,21,24)(H2,20,22,23);1H. The largest absolute Gasteiger partial charge is 0.490 e. The van der Waals surface area contributed by atoms with Crippen LogP contribution in [0.5, 0.6) is 5.75 Å². The Morgan fingerprint density at radius 2 is 2.11 bits per heavy atom. The van der Waals surface area contributed by atoms with Crippen molar-refractivity contribution in [3.63, 3.8) is 0 Å². The summed E-state index contributed by atoms with van der Waals surface area (Å²) >= 11 is 0. The Balaban J connectivity index is 0.00000392. The molecule has 1 aromatic heterocycles. The highest BCUT2D eigenvalue weighted by atomic mass is 127. The number of benzene rings is 1. The topological polar surface area (TPSA) is 97.1 Å². The van der Waals surface area contributed by atoms with Gasteiger partial charge in [0.1, 0.15) is 5.76 Å². The molecule has 156 valence electrons. The lowest BCUT2D eigenvalue weighted by atomic mass is 10.2. The molecule has 2 rings (SSSR count). The average Bonchev–Trinajstić information content (AvgIpc) is 3.11. The number of nitrogens with zero attached hydrogens (tertiary/aromatic N) is 1. The van der Waals surface area contributed by atoms with Gasteiger partial charge < -0.3 is 29.8 Å². The molecule has 8 nitrogen and oxygen atoms in total. The van der Waals surface area contributed by atoms with Crippen LogP contribution in [0.1, 0.15) is 25.6 Å². The van der Waals surface area contributed by atoms with Crippen molar-refractivity contribution in [1.29, 1.82) is 0 Å². The van der Waals surface area contributed by atoms with E-state index in [1.807, 2.05) is 38.1 Å². The van der Waals surface area contributed by atoms with Crippen LogP contribution in [0.15, 0.2) is 33.7 Å². The van der Waals surface area contributed by atoms with Gasteiger partial charge in [-0.2, -0.15) is 0 Å². The molecule has 1 atom stereocenters. The normalized spacial score (nSPS) is 12.2. The summed E-state index contributed by atoms with van der Waals surface area (Å²) in [7, 11) is 3.24. The van der Waals surface area contributed by atoms with E-state index >= 15 is 0 Å². The van der Waals surface area contributed by atoms with Crippen LogP contribution in [0, 0.1) is 0 Å².